The second kappa shape index (κ2) is 7.67. The molecular weight excluding hydrogens is 298 g/mol. The van der Waals surface area contributed by atoms with E-state index in [0.717, 1.165) is 0 Å². The highest BCUT2D eigenvalue weighted by Crippen LogP contribution is 2.18. The van der Waals surface area contributed by atoms with Crippen LogP contribution in [-0.2, 0) is 4.74 Å². The topological polar surface area (TPSA) is 155 Å². The molecule has 0 spiro atoms. The van der Waals surface area contributed by atoms with Gasteiger partial charge in [0.2, 0.25) is 0 Å². The Kier molecular flexibility index (Phi) is 6.52. The number of carbonyl (C=O) groups is 1. The first-order chi connectivity index (χ1) is 9.46. The molecule has 0 radical (unpaired) electrons. The zero-order valence-corrected chi connectivity index (χ0v) is 11.0. The maximum atomic E-state index is 11.6. The van der Waals surface area contributed by atoms with Crippen molar-refractivity contribution in [2.45, 2.75) is 30.6 Å². The number of aliphatic hydroxyl groups is 3. The lowest BCUT2D eigenvalue weighted by molar-refractivity contribution is -0.519. The van der Waals surface area contributed by atoms with Gasteiger partial charge < -0.3 is 30.5 Å². The Labute approximate surface area is 118 Å². The molecular formula is C9H15ClN3O7-. The van der Waals surface area contributed by atoms with Gasteiger partial charge in [0.05, 0.1) is 24.5 Å². The number of alkyl halides is 1. The summed E-state index contributed by atoms with van der Waals surface area (Å²) in [6.07, 6.45) is -6.37. The molecule has 2 amide bonds. The van der Waals surface area contributed by atoms with Crippen LogP contribution in [0.25, 0.3) is 0 Å². The number of nitrogens with one attached hydrogen (secondary N) is 1. The zero-order valence-electron chi connectivity index (χ0n) is 10.3. The minimum atomic E-state index is -1.92. The van der Waals surface area contributed by atoms with Crippen LogP contribution in [0.4, 0.5) is 4.79 Å². The van der Waals surface area contributed by atoms with Crippen LogP contribution in [0.15, 0.2) is 5.29 Å². The van der Waals surface area contributed by atoms with Gasteiger partial charge in [-0.15, -0.1) is 16.5 Å². The summed E-state index contributed by atoms with van der Waals surface area (Å²) in [6.45, 7) is -0.849. The van der Waals surface area contributed by atoms with Crippen molar-refractivity contribution in [3.8, 4) is 0 Å². The Bertz CT molecular complexity index is 348. The van der Waals surface area contributed by atoms with Gasteiger partial charge in [0.15, 0.2) is 0 Å². The van der Waals surface area contributed by atoms with Crippen molar-refractivity contribution < 1.29 is 30.0 Å². The van der Waals surface area contributed by atoms with E-state index in [1.807, 2.05) is 5.32 Å². The van der Waals surface area contributed by atoms with Crippen LogP contribution in [0.3, 0.4) is 0 Å². The molecule has 1 fully saturated rings. The summed E-state index contributed by atoms with van der Waals surface area (Å²) in [6, 6.07) is -2.55. The van der Waals surface area contributed by atoms with E-state index >= 15 is 0 Å². The van der Waals surface area contributed by atoms with Gasteiger partial charge in [0.1, 0.15) is 18.3 Å². The third kappa shape index (κ3) is 3.75. The van der Waals surface area contributed by atoms with E-state index in [1.54, 1.807) is 0 Å². The van der Waals surface area contributed by atoms with Gasteiger partial charge in [0.25, 0.3) is 0 Å². The molecule has 0 aliphatic carbocycles. The molecule has 1 heterocycles. The van der Waals surface area contributed by atoms with E-state index < -0.39 is 43.3 Å². The molecule has 11 heteroatoms. The molecule has 116 valence electrons. The lowest BCUT2D eigenvalue weighted by Crippen LogP contribution is -2.68. The number of aliphatic hydroxyl groups excluding tert-OH is 3. The third-order valence-corrected chi connectivity index (χ3v) is 2.97. The molecule has 4 N–H and O–H groups in total. The number of nitrogens with zero attached hydrogens (tertiary/aromatic N) is 2. The molecule has 0 aromatic heterocycles. The monoisotopic (exact) mass is 312 g/mol. The van der Waals surface area contributed by atoms with Crippen molar-refractivity contribution in [1.29, 1.82) is 0 Å². The minimum Gasteiger partial charge on any atom is -0.829 e. The standard InChI is InChI=1S/C9H15ClN3O7/c10-1-2-13(12-19)9(18)11-5-7(16)6(15)4(3-14)20-8(5)17/h4-8,14-16H,1-3H2,(H,11,18)/q-1/t4-,5-,6-,7-,8?/m1/s1. The van der Waals surface area contributed by atoms with Crippen molar-refractivity contribution in [1.82, 2.24) is 10.3 Å². The lowest BCUT2D eigenvalue weighted by atomic mass is 9.97. The molecule has 20 heavy (non-hydrogen) atoms. The molecule has 0 aromatic carbocycles. The van der Waals surface area contributed by atoms with Gasteiger partial charge in [-0.05, 0) is 0 Å². The van der Waals surface area contributed by atoms with Crippen molar-refractivity contribution in [3.63, 3.8) is 0 Å². The molecule has 0 aromatic rings. The summed E-state index contributed by atoms with van der Waals surface area (Å²) in [5, 5.41) is 44.7. The van der Waals surface area contributed by atoms with E-state index in [4.69, 9.17) is 21.4 Å². The second-order valence-corrected chi connectivity index (χ2v) is 4.45. The van der Waals surface area contributed by atoms with E-state index in [2.05, 4.69) is 5.29 Å². The quantitative estimate of drug-likeness (QED) is 0.241. The molecule has 1 unspecified atom stereocenters. The van der Waals surface area contributed by atoms with Gasteiger partial charge in [-0.25, -0.2) is 4.79 Å². The van der Waals surface area contributed by atoms with Crippen LogP contribution in [0.2, 0.25) is 0 Å². The highest BCUT2D eigenvalue weighted by atomic mass is 35.5. The number of carbonyl (C=O) groups excluding carboxylic acids is 1. The maximum absolute atomic E-state index is 11.6. The molecule has 1 saturated heterocycles. The summed E-state index contributed by atoms with van der Waals surface area (Å²) in [7, 11) is 0. The van der Waals surface area contributed by atoms with Crippen LogP contribution in [0, 0.1) is 4.91 Å². The van der Waals surface area contributed by atoms with Crippen LogP contribution in [-0.4, -0.2) is 76.0 Å². The van der Waals surface area contributed by atoms with Crippen molar-refractivity contribution >= 4 is 17.6 Å². The van der Waals surface area contributed by atoms with E-state index in [1.165, 1.54) is 0 Å². The summed E-state index contributed by atoms with van der Waals surface area (Å²) >= 11 is 5.36. The van der Waals surface area contributed by atoms with Crippen LogP contribution < -0.4 is 10.4 Å². The predicted octanol–water partition coefficient (Wildman–Crippen LogP) is -2.91. The van der Waals surface area contributed by atoms with Crippen molar-refractivity contribution in [3.05, 3.63) is 4.91 Å². The predicted molar refractivity (Wildman–Crippen MR) is 63.3 cm³/mol. The highest BCUT2D eigenvalue weighted by Gasteiger charge is 2.41. The smallest absolute Gasteiger partial charge is 0.340 e. The first-order valence-corrected chi connectivity index (χ1v) is 6.25. The first kappa shape index (κ1) is 17.0. The number of amides is 2. The van der Waals surface area contributed by atoms with Crippen molar-refractivity contribution in [2.24, 2.45) is 5.29 Å². The minimum absolute atomic E-state index is 0.0567. The number of ether oxygens (including phenoxy) is 1. The third-order valence-electron chi connectivity index (χ3n) is 2.80. The van der Waals surface area contributed by atoms with E-state index in [9.17, 15) is 25.0 Å². The molecule has 0 bridgehead atoms. The fourth-order valence-electron chi connectivity index (χ4n) is 1.71. The molecule has 1 rings (SSSR count). The Hall–Kier alpha value is -1.04. The van der Waals surface area contributed by atoms with Gasteiger partial charge in [-0.1, -0.05) is 0 Å². The lowest BCUT2D eigenvalue weighted by Gasteiger charge is -2.46. The Morgan fingerprint density at radius 2 is 2.10 bits per heavy atom. The molecule has 5 atom stereocenters. The number of rotatable bonds is 5. The summed E-state index contributed by atoms with van der Waals surface area (Å²) in [4.78, 5) is 22.0. The number of hydrogen-bond donors (Lipinski definition) is 4. The summed E-state index contributed by atoms with van der Waals surface area (Å²) in [5.74, 6) is -0.0567. The van der Waals surface area contributed by atoms with Gasteiger partial charge in [-0.3, -0.25) is 0 Å². The molecule has 1 aliphatic rings. The SMILES string of the molecule is O=NN(CCCl)C(=O)N[C@H]1C([O-])O[C@H](CO)[C@@H](O)[C@@H]1O. The highest BCUT2D eigenvalue weighted by molar-refractivity contribution is 6.18. The normalized spacial score (nSPS) is 33.5. The zero-order chi connectivity index (χ0) is 15.3. The Morgan fingerprint density at radius 1 is 1.45 bits per heavy atom. The van der Waals surface area contributed by atoms with E-state index in [-0.39, 0.29) is 12.4 Å². The molecule has 1 aliphatic heterocycles. The van der Waals surface area contributed by atoms with Crippen LogP contribution >= 0.6 is 11.6 Å². The number of halogens is 1. The first-order valence-electron chi connectivity index (χ1n) is 5.71. The van der Waals surface area contributed by atoms with Crippen molar-refractivity contribution in [2.75, 3.05) is 19.0 Å². The van der Waals surface area contributed by atoms with Gasteiger partial charge >= 0.3 is 6.03 Å². The number of nitroso groups, excluding NO2 is 1. The average Bonchev–Trinajstić information content (AvgIpc) is 2.44. The summed E-state index contributed by atoms with van der Waals surface area (Å²) < 4.78 is 4.72. The maximum Gasteiger partial charge on any atom is 0.340 e. The van der Waals surface area contributed by atoms with Gasteiger partial charge in [-0.2, -0.15) is 5.01 Å². The molecule has 0 saturated carbocycles. The average molecular weight is 313 g/mol. The summed E-state index contributed by atoms with van der Waals surface area (Å²) in [5.41, 5.74) is 0. The fourth-order valence-corrected chi connectivity index (χ4v) is 1.87. The largest absolute Gasteiger partial charge is 0.829 e. The Balaban J connectivity index is 2.70. The van der Waals surface area contributed by atoms with Crippen LogP contribution in [0.1, 0.15) is 0 Å². The Morgan fingerprint density at radius 3 is 2.60 bits per heavy atom. The number of hydrogen-bond acceptors (Lipinski definition) is 8. The number of urea groups is 1. The second-order valence-electron chi connectivity index (χ2n) is 4.08. The molecule has 10 nitrogen and oxygen atoms in total. The van der Waals surface area contributed by atoms with E-state index in [0.29, 0.717) is 5.01 Å². The van der Waals surface area contributed by atoms with Gasteiger partial charge in [0, 0.05) is 12.2 Å². The fraction of sp³-hybridized carbons (Fsp3) is 0.889. The van der Waals surface area contributed by atoms with Crippen LogP contribution in [0.5, 0.6) is 0 Å².